The summed E-state index contributed by atoms with van der Waals surface area (Å²) in [7, 11) is 0. The van der Waals surface area contributed by atoms with E-state index >= 15 is 0 Å². The first-order valence-corrected chi connectivity index (χ1v) is 7.69. The van der Waals surface area contributed by atoms with Gasteiger partial charge in [-0.15, -0.1) is 0 Å². The predicted octanol–water partition coefficient (Wildman–Crippen LogP) is 3.96. The number of para-hydroxylation sites is 1. The average molecular weight is 306 g/mol. The second-order valence-corrected chi connectivity index (χ2v) is 6.27. The van der Waals surface area contributed by atoms with Gasteiger partial charge in [0.15, 0.2) is 0 Å². The van der Waals surface area contributed by atoms with Crippen molar-refractivity contribution in [1.82, 2.24) is 0 Å². The first-order valence-electron chi connectivity index (χ1n) is 6.53. The van der Waals surface area contributed by atoms with E-state index in [2.05, 4.69) is 28.6 Å². The van der Waals surface area contributed by atoms with Crippen LogP contribution in [0.15, 0.2) is 41.3 Å². The Bertz CT molecular complexity index is 645. The molecule has 0 atom stereocenters. The lowest BCUT2D eigenvalue weighted by Gasteiger charge is -2.30. The van der Waals surface area contributed by atoms with Gasteiger partial charge in [0.05, 0.1) is 27.0 Å². The predicted molar refractivity (Wildman–Crippen MR) is 88.2 cm³/mol. The van der Waals surface area contributed by atoms with Gasteiger partial charge < -0.3 is 15.8 Å². The van der Waals surface area contributed by atoms with Gasteiger partial charge in [-0.2, -0.15) is 0 Å². The van der Waals surface area contributed by atoms with Crippen LogP contribution in [-0.2, 0) is 6.42 Å². The first kappa shape index (κ1) is 13.5. The van der Waals surface area contributed by atoms with Crippen molar-refractivity contribution in [2.45, 2.75) is 17.7 Å². The van der Waals surface area contributed by atoms with Crippen molar-refractivity contribution in [2.24, 2.45) is 0 Å². The van der Waals surface area contributed by atoms with E-state index in [4.69, 9.17) is 23.1 Å². The van der Waals surface area contributed by atoms with Crippen molar-refractivity contribution in [3.05, 3.63) is 47.0 Å². The summed E-state index contributed by atoms with van der Waals surface area (Å²) in [5.74, 6) is 0. The summed E-state index contributed by atoms with van der Waals surface area (Å²) in [5.41, 5.74) is 15.6. The van der Waals surface area contributed by atoms with Gasteiger partial charge in [-0.3, -0.25) is 0 Å². The Labute approximate surface area is 128 Å². The minimum absolute atomic E-state index is 0.460. The van der Waals surface area contributed by atoms with E-state index in [0.717, 1.165) is 24.3 Å². The molecule has 0 aromatic heterocycles. The van der Waals surface area contributed by atoms with Gasteiger partial charge in [0.2, 0.25) is 0 Å². The van der Waals surface area contributed by atoms with Gasteiger partial charge >= 0.3 is 0 Å². The highest BCUT2D eigenvalue weighted by Crippen LogP contribution is 2.40. The Morgan fingerprint density at radius 1 is 1.05 bits per heavy atom. The van der Waals surface area contributed by atoms with Gasteiger partial charge in [-0.25, -0.2) is 0 Å². The van der Waals surface area contributed by atoms with Gasteiger partial charge in [0.1, 0.15) is 0 Å². The van der Waals surface area contributed by atoms with Crippen LogP contribution in [0.2, 0.25) is 5.02 Å². The van der Waals surface area contributed by atoms with E-state index in [1.807, 2.05) is 6.07 Å². The maximum Gasteiger partial charge on any atom is 0.0749 e. The number of hydrogen-bond acceptors (Lipinski definition) is 4. The highest BCUT2D eigenvalue weighted by Gasteiger charge is 2.19. The maximum absolute atomic E-state index is 6.06. The number of hydrogen-bond donors (Lipinski definition) is 2. The highest BCUT2D eigenvalue weighted by atomic mass is 35.5. The molecule has 2 aromatic carbocycles. The fraction of sp³-hybridized carbons (Fsp3) is 0.200. The van der Waals surface area contributed by atoms with Crippen LogP contribution in [0.5, 0.6) is 0 Å². The number of nitrogens with two attached hydrogens (primary N) is 2. The lowest BCUT2D eigenvalue weighted by atomic mass is 10.0. The van der Waals surface area contributed by atoms with Crippen LogP contribution in [0.25, 0.3) is 0 Å². The normalized spacial score (nSPS) is 14.2. The first-order chi connectivity index (χ1) is 9.66. The van der Waals surface area contributed by atoms with Crippen molar-refractivity contribution in [2.75, 3.05) is 22.3 Å². The summed E-state index contributed by atoms with van der Waals surface area (Å²) in [4.78, 5) is 0.948. The molecule has 20 heavy (non-hydrogen) atoms. The minimum Gasteiger partial charge on any atom is -0.396 e. The monoisotopic (exact) mass is 305 g/mol. The number of nitrogen functional groups attached to an aromatic ring is 2. The van der Waals surface area contributed by atoms with Gasteiger partial charge in [0, 0.05) is 6.54 Å². The number of rotatable bonds is 2. The smallest absolute Gasteiger partial charge is 0.0749 e. The second-order valence-electron chi connectivity index (χ2n) is 4.80. The zero-order chi connectivity index (χ0) is 14.1. The SMILES string of the molecule is Nc1c(Cl)ccc(SN2CCCc3ccccc32)c1N. The van der Waals surface area contributed by atoms with Crippen molar-refractivity contribution in [1.29, 1.82) is 0 Å². The second kappa shape index (κ2) is 5.46. The number of benzene rings is 2. The van der Waals surface area contributed by atoms with E-state index < -0.39 is 0 Å². The number of aryl methyl sites for hydroxylation is 1. The van der Waals surface area contributed by atoms with E-state index in [9.17, 15) is 0 Å². The number of nitrogens with zero attached hydrogens (tertiary/aromatic N) is 1. The Balaban J connectivity index is 1.92. The molecule has 104 valence electrons. The molecule has 1 heterocycles. The summed E-state index contributed by atoms with van der Waals surface area (Å²) in [6, 6.07) is 12.2. The molecule has 3 rings (SSSR count). The summed E-state index contributed by atoms with van der Waals surface area (Å²) in [6.45, 7) is 1.00. The van der Waals surface area contributed by atoms with Crippen molar-refractivity contribution < 1.29 is 0 Å². The number of halogens is 1. The molecule has 0 spiro atoms. The van der Waals surface area contributed by atoms with Crippen LogP contribution >= 0.6 is 23.5 Å². The zero-order valence-corrected chi connectivity index (χ0v) is 12.5. The van der Waals surface area contributed by atoms with Gasteiger partial charge in [-0.05, 0) is 48.6 Å². The Morgan fingerprint density at radius 3 is 2.70 bits per heavy atom. The molecule has 0 bridgehead atoms. The van der Waals surface area contributed by atoms with Crippen LogP contribution in [0, 0.1) is 0 Å². The Kier molecular flexibility index (Phi) is 3.68. The Hall–Kier alpha value is -1.52. The maximum atomic E-state index is 6.06. The molecular weight excluding hydrogens is 290 g/mol. The van der Waals surface area contributed by atoms with Crippen LogP contribution in [0.1, 0.15) is 12.0 Å². The Morgan fingerprint density at radius 2 is 1.85 bits per heavy atom. The van der Waals surface area contributed by atoms with Gasteiger partial charge in [-0.1, -0.05) is 29.8 Å². The largest absolute Gasteiger partial charge is 0.396 e. The molecule has 1 aliphatic rings. The molecule has 2 aromatic rings. The zero-order valence-electron chi connectivity index (χ0n) is 11.0. The third-order valence-corrected chi connectivity index (χ3v) is 4.95. The molecule has 0 unspecified atom stereocenters. The summed E-state index contributed by atoms with van der Waals surface area (Å²) in [5, 5.41) is 0.505. The molecule has 0 aliphatic carbocycles. The third kappa shape index (κ3) is 2.41. The quantitative estimate of drug-likeness (QED) is 0.651. The van der Waals surface area contributed by atoms with Crippen molar-refractivity contribution >= 4 is 40.6 Å². The van der Waals surface area contributed by atoms with E-state index in [-0.39, 0.29) is 0 Å². The topological polar surface area (TPSA) is 55.3 Å². The molecule has 0 saturated carbocycles. The van der Waals surface area contributed by atoms with Gasteiger partial charge in [0.25, 0.3) is 0 Å². The molecule has 5 heteroatoms. The number of anilines is 3. The highest BCUT2D eigenvalue weighted by molar-refractivity contribution is 8.00. The molecule has 0 amide bonds. The fourth-order valence-electron chi connectivity index (χ4n) is 2.38. The standard InChI is InChI=1S/C15H16ClN3S/c16-11-7-8-13(15(18)14(11)17)20-19-9-3-5-10-4-1-2-6-12(10)19/h1-2,4,6-8H,3,5,9,17-18H2. The molecule has 4 N–H and O–H groups in total. The van der Waals surface area contributed by atoms with E-state index in [1.165, 1.54) is 11.3 Å². The molecule has 0 radical (unpaired) electrons. The fourth-order valence-corrected chi connectivity index (χ4v) is 3.62. The molecule has 0 saturated heterocycles. The third-order valence-electron chi connectivity index (χ3n) is 3.47. The van der Waals surface area contributed by atoms with Crippen molar-refractivity contribution in [3.8, 4) is 0 Å². The lowest BCUT2D eigenvalue weighted by molar-refractivity contribution is 0.795. The summed E-state index contributed by atoms with van der Waals surface area (Å²) < 4.78 is 2.28. The molecular formula is C15H16ClN3S. The minimum atomic E-state index is 0.460. The van der Waals surface area contributed by atoms with E-state index in [0.29, 0.717) is 16.4 Å². The van der Waals surface area contributed by atoms with Crippen LogP contribution in [-0.4, -0.2) is 6.54 Å². The number of fused-ring (bicyclic) bond motifs is 1. The van der Waals surface area contributed by atoms with Crippen LogP contribution in [0.3, 0.4) is 0 Å². The average Bonchev–Trinajstić information content (AvgIpc) is 2.48. The molecule has 1 aliphatic heterocycles. The molecule has 0 fully saturated rings. The lowest BCUT2D eigenvalue weighted by Crippen LogP contribution is -2.22. The summed E-state index contributed by atoms with van der Waals surface area (Å²) >= 11 is 7.61. The summed E-state index contributed by atoms with van der Waals surface area (Å²) in [6.07, 6.45) is 2.28. The van der Waals surface area contributed by atoms with Crippen LogP contribution in [0.4, 0.5) is 17.1 Å². The molecule has 3 nitrogen and oxygen atoms in total. The van der Waals surface area contributed by atoms with Crippen molar-refractivity contribution in [3.63, 3.8) is 0 Å². The van der Waals surface area contributed by atoms with Crippen LogP contribution < -0.4 is 15.8 Å². The van der Waals surface area contributed by atoms with E-state index in [1.54, 1.807) is 18.0 Å².